The van der Waals surface area contributed by atoms with Crippen LogP contribution in [0.2, 0.25) is 0 Å². The Kier molecular flexibility index (Phi) is 27.2. The predicted octanol–water partition coefficient (Wildman–Crippen LogP) is 7.36. The van der Waals surface area contributed by atoms with E-state index in [1.54, 1.807) is 0 Å². The molecule has 0 aliphatic heterocycles. The summed E-state index contributed by atoms with van der Waals surface area (Å²) in [6.07, 6.45) is 27.8. The fourth-order valence-corrected chi connectivity index (χ4v) is 4.87. The molecule has 9 heteroatoms. The van der Waals surface area contributed by atoms with Gasteiger partial charge < -0.3 is 20.5 Å². The van der Waals surface area contributed by atoms with Crippen molar-refractivity contribution in [2.45, 2.75) is 141 Å². The summed E-state index contributed by atoms with van der Waals surface area (Å²) in [6, 6.07) is 0. The van der Waals surface area contributed by atoms with Gasteiger partial charge >= 0.3 is 13.8 Å². The second-order valence-corrected chi connectivity index (χ2v) is 11.6. The number of aliphatic hydroxyl groups excluding tert-OH is 1. The molecule has 0 aliphatic rings. The maximum atomic E-state index is 11.8. The van der Waals surface area contributed by atoms with Crippen molar-refractivity contribution >= 4 is 13.8 Å². The van der Waals surface area contributed by atoms with Crippen molar-refractivity contribution in [2.24, 2.45) is 5.73 Å². The topological polar surface area (TPSA) is 128 Å². The molecule has 0 heterocycles. The van der Waals surface area contributed by atoms with Gasteiger partial charge in [-0.1, -0.05) is 109 Å². The van der Waals surface area contributed by atoms with Crippen LogP contribution in [0.5, 0.6) is 0 Å². The fourth-order valence-electron chi connectivity index (χ4n) is 4.10. The SMILES string of the molecule is CCCCCCCC/C=C/CCCCCCCCCCCCCC(=O)OC[C@@H](O)COP(=O)(O)OCCN. The third-order valence-electron chi connectivity index (χ3n) is 6.38. The minimum absolute atomic E-state index is 0.0753. The van der Waals surface area contributed by atoms with Gasteiger partial charge in [-0.15, -0.1) is 0 Å². The van der Waals surface area contributed by atoms with Gasteiger partial charge in [0, 0.05) is 13.0 Å². The summed E-state index contributed by atoms with van der Waals surface area (Å²) in [6.45, 7) is 1.46. The first-order valence-electron chi connectivity index (χ1n) is 15.2. The summed E-state index contributed by atoms with van der Waals surface area (Å²) in [5.41, 5.74) is 5.18. The van der Waals surface area contributed by atoms with E-state index in [-0.39, 0.29) is 25.7 Å². The molecule has 4 N–H and O–H groups in total. The van der Waals surface area contributed by atoms with Crippen LogP contribution in [-0.4, -0.2) is 48.4 Å². The lowest BCUT2D eigenvalue weighted by molar-refractivity contribution is -0.147. The normalized spacial score (nSPS) is 14.1. The van der Waals surface area contributed by atoms with Crippen molar-refractivity contribution in [2.75, 3.05) is 26.4 Å². The highest BCUT2D eigenvalue weighted by molar-refractivity contribution is 7.47. The molecule has 0 saturated carbocycles. The molecule has 0 aromatic carbocycles. The fraction of sp³-hybridized carbons (Fsp3) is 0.897. The number of allylic oxidation sites excluding steroid dienone is 2. The monoisotopic (exact) mass is 563 g/mol. The van der Waals surface area contributed by atoms with Gasteiger partial charge in [-0.2, -0.15) is 0 Å². The maximum Gasteiger partial charge on any atom is 0.472 e. The Morgan fingerprint density at radius 1 is 0.763 bits per heavy atom. The van der Waals surface area contributed by atoms with Gasteiger partial charge in [-0.25, -0.2) is 4.57 Å². The Morgan fingerprint density at radius 2 is 1.24 bits per heavy atom. The number of carbonyl (C=O) groups is 1. The van der Waals surface area contributed by atoms with Crippen LogP contribution in [0, 0.1) is 0 Å². The minimum Gasteiger partial charge on any atom is -0.463 e. The van der Waals surface area contributed by atoms with Crippen LogP contribution >= 0.6 is 7.82 Å². The van der Waals surface area contributed by atoms with Gasteiger partial charge in [-0.3, -0.25) is 13.8 Å². The van der Waals surface area contributed by atoms with Gasteiger partial charge in [0.05, 0.1) is 13.2 Å². The van der Waals surface area contributed by atoms with Crippen LogP contribution in [0.15, 0.2) is 12.2 Å². The summed E-state index contributed by atoms with van der Waals surface area (Å²) in [5, 5.41) is 9.72. The first-order valence-corrected chi connectivity index (χ1v) is 16.7. The number of rotatable bonds is 29. The number of ether oxygens (including phenoxy) is 1. The highest BCUT2D eigenvalue weighted by Crippen LogP contribution is 2.42. The average Bonchev–Trinajstić information content (AvgIpc) is 2.90. The largest absolute Gasteiger partial charge is 0.472 e. The highest BCUT2D eigenvalue weighted by Gasteiger charge is 2.22. The van der Waals surface area contributed by atoms with Crippen LogP contribution in [-0.2, 0) is 23.1 Å². The molecule has 0 aromatic rings. The number of carbonyl (C=O) groups excluding carboxylic acids is 1. The lowest BCUT2D eigenvalue weighted by Crippen LogP contribution is -2.23. The molecule has 38 heavy (non-hydrogen) atoms. The third-order valence-corrected chi connectivity index (χ3v) is 7.37. The van der Waals surface area contributed by atoms with Gasteiger partial charge in [-0.05, 0) is 32.1 Å². The number of phosphoric acid groups is 1. The predicted molar refractivity (Wildman–Crippen MR) is 155 cm³/mol. The van der Waals surface area contributed by atoms with Crippen LogP contribution < -0.4 is 5.73 Å². The Balaban J connectivity index is 3.37. The molecule has 0 saturated heterocycles. The van der Waals surface area contributed by atoms with Crippen molar-refractivity contribution in [3.63, 3.8) is 0 Å². The Hall–Kier alpha value is -0.760. The van der Waals surface area contributed by atoms with E-state index in [1.165, 1.54) is 103 Å². The first-order chi connectivity index (χ1) is 18.4. The number of nitrogens with two attached hydrogens (primary N) is 1. The van der Waals surface area contributed by atoms with E-state index in [0.717, 1.165) is 19.3 Å². The van der Waals surface area contributed by atoms with Crippen molar-refractivity contribution in [1.82, 2.24) is 0 Å². The number of hydrogen-bond donors (Lipinski definition) is 3. The molecule has 1 unspecified atom stereocenters. The Labute approximate surface area is 232 Å². The highest BCUT2D eigenvalue weighted by atomic mass is 31.2. The van der Waals surface area contributed by atoms with Crippen LogP contribution in [0.1, 0.15) is 135 Å². The third kappa shape index (κ3) is 28.3. The van der Waals surface area contributed by atoms with Gasteiger partial charge in [0.1, 0.15) is 12.7 Å². The second kappa shape index (κ2) is 27.8. The molecule has 0 aliphatic carbocycles. The summed E-state index contributed by atoms with van der Waals surface area (Å²) < 4.78 is 25.6. The number of phosphoric ester groups is 1. The number of esters is 1. The lowest BCUT2D eigenvalue weighted by Gasteiger charge is -2.15. The zero-order valence-corrected chi connectivity index (χ0v) is 25.1. The van der Waals surface area contributed by atoms with Crippen LogP contribution in [0.3, 0.4) is 0 Å². The standard InChI is InChI=1S/C29H58NO7P/c1-2-3-4-5-6-7-8-9-10-11-12-13-14-15-16-17-18-19-20-21-22-23-29(32)35-26-28(31)27-37-38(33,34)36-25-24-30/h9-10,28,31H,2-8,11-27,30H2,1H3,(H,33,34)/b10-9+/t28-/m1/s1. The van der Waals surface area contributed by atoms with E-state index >= 15 is 0 Å². The number of unbranched alkanes of at least 4 members (excludes halogenated alkanes) is 17. The Bertz CT molecular complexity index is 603. The maximum absolute atomic E-state index is 11.8. The zero-order valence-electron chi connectivity index (χ0n) is 24.2. The average molecular weight is 564 g/mol. The molecule has 226 valence electrons. The lowest BCUT2D eigenvalue weighted by atomic mass is 10.0. The molecular formula is C29H58NO7P. The van der Waals surface area contributed by atoms with Crippen molar-refractivity contribution in [3.8, 4) is 0 Å². The van der Waals surface area contributed by atoms with Crippen molar-refractivity contribution in [3.05, 3.63) is 12.2 Å². The quantitative estimate of drug-likeness (QED) is 0.0373. The van der Waals surface area contributed by atoms with E-state index in [2.05, 4.69) is 28.1 Å². The molecule has 0 amide bonds. The number of aliphatic hydroxyl groups is 1. The van der Waals surface area contributed by atoms with Gasteiger partial charge in [0.25, 0.3) is 0 Å². The first kappa shape index (κ1) is 37.2. The summed E-state index contributed by atoms with van der Waals surface area (Å²) in [7, 11) is -4.24. The van der Waals surface area contributed by atoms with E-state index in [9.17, 15) is 19.4 Å². The summed E-state index contributed by atoms with van der Waals surface area (Å²) >= 11 is 0. The van der Waals surface area contributed by atoms with Crippen LogP contribution in [0.25, 0.3) is 0 Å². The summed E-state index contributed by atoms with van der Waals surface area (Å²) in [5.74, 6) is -0.385. The molecule has 0 spiro atoms. The molecule has 0 aromatic heterocycles. The van der Waals surface area contributed by atoms with Gasteiger partial charge in [0.15, 0.2) is 0 Å². The second-order valence-electron chi connectivity index (χ2n) is 10.2. The molecule has 0 bridgehead atoms. The molecule has 0 radical (unpaired) electrons. The molecular weight excluding hydrogens is 505 g/mol. The van der Waals surface area contributed by atoms with E-state index in [4.69, 9.17) is 10.5 Å². The summed E-state index contributed by atoms with van der Waals surface area (Å²) in [4.78, 5) is 21.1. The minimum atomic E-state index is -4.24. The molecule has 0 rings (SSSR count). The molecule has 2 atom stereocenters. The van der Waals surface area contributed by atoms with Crippen molar-refractivity contribution in [1.29, 1.82) is 0 Å². The smallest absolute Gasteiger partial charge is 0.463 e. The van der Waals surface area contributed by atoms with Gasteiger partial charge in [0.2, 0.25) is 0 Å². The van der Waals surface area contributed by atoms with E-state index < -0.39 is 20.5 Å². The number of hydrogen-bond acceptors (Lipinski definition) is 7. The zero-order chi connectivity index (χ0) is 28.2. The van der Waals surface area contributed by atoms with Crippen LogP contribution in [0.4, 0.5) is 0 Å². The van der Waals surface area contributed by atoms with E-state index in [1.807, 2.05) is 0 Å². The van der Waals surface area contributed by atoms with Crippen molar-refractivity contribution < 1.29 is 33.1 Å². The Morgan fingerprint density at radius 3 is 1.74 bits per heavy atom. The molecule has 8 nitrogen and oxygen atoms in total. The molecule has 0 fully saturated rings. The van der Waals surface area contributed by atoms with E-state index in [0.29, 0.717) is 6.42 Å².